The van der Waals surface area contributed by atoms with Crippen LogP contribution >= 0.6 is 0 Å². The quantitative estimate of drug-likeness (QED) is 0.600. The van der Waals surface area contributed by atoms with Crippen LogP contribution in [0.3, 0.4) is 0 Å². The second kappa shape index (κ2) is 5.24. The van der Waals surface area contributed by atoms with E-state index in [1.54, 1.807) is 11.9 Å². The summed E-state index contributed by atoms with van der Waals surface area (Å²) >= 11 is 0. The fourth-order valence-corrected chi connectivity index (χ4v) is 1.17. The molecule has 0 saturated carbocycles. The van der Waals surface area contributed by atoms with Crippen LogP contribution in [0, 0.1) is 10.1 Å². The van der Waals surface area contributed by atoms with Crippen LogP contribution < -0.4 is 10.2 Å². The minimum atomic E-state index is -0.475. The lowest BCUT2D eigenvalue weighted by Crippen LogP contribution is -2.19. The molecule has 88 valence electrons. The van der Waals surface area contributed by atoms with Crippen molar-refractivity contribution in [3.8, 4) is 0 Å². The maximum atomic E-state index is 10.8. The summed E-state index contributed by atoms with van der Waals surface area (Å²) in [6.45, 7) is 5.13. The van der Waals surface area contributed by atoms with Crippen LogP contribution in [0.15, 0.2) is 6.20 Å². The van der Waals surface area contributed by atoms with E-state index in [0.717, 1.165) is 0 Å². The Morgan fingerprint density at radius 3 is 2.75 bits per heavy atom. The molecule has 0 atom stereocenters. The highest BCUT2D eigenvalue weighted by atomic mass is 16.6. The number of aromatic nitrogens is 2. The van der Waals surface area contributed by atoms with Gasteiger partial charge in [-0.05, 0) is 13.8 Å². The van der Waals surface area contributed by atoms with E-state index in [1.807, 2.05) is 13.8 Å². The van der Waals surface area contributed by atoms with Crippen LogP contribution in [0.2, 0.25) is 0 Å². The summed E-state index contributed by atoms with van der Waals surface area (Å²) in [6.07, 6.45) is 1.23. The first-order valence-electron chi connectivity index (χ1n) is 5.06. The largest absolute Gasteiger partial charge is 0.354 e. The molecule has 0 aliphatic carbocycles. The molecule has 0 amide bonds. The standard InChI is InChI=1S/C9H15N5O2/c1-4-10-9-11-6-7(14(15)16)8(12-9)13(3)5-2/h6H,4-5H2,1-3H3,(H,10,11,12). The molecule has 1 rings (SSSR count). The number of rotatable bonds is 5. The predicted octanol–water partition coefficient (Wildman–Crippen LogP) is 1.27. The zero-order valence-electron chi connectivity index (χ0n) is 9.60. The molecular weight excluding hydrogens is 210 g/mol. The van der Waals surface area contributed by atoms with Crippen molar-refractivity contribution >= 4 is 17.5 Å². The SMILES string of the molecule is CCNc1ncc([N+](=O)[O-])c(N(C)CC)n1. The van der Waals surface area contributed by atoms with E-state index < -0.39 is 4.92 Å². The van der Waals surface area contributed by atoms with Crippen molar-refractivity contribution in [2.75, 3.05) is 30.4 Å². The normalized spacial score (nSPS) is 9.94. The average molecular weight is 225 g/mol. The molecule has 7 nitrogen and oxygen atoms in total. The van der Waals surface area contributed by atoms with Crippen molar-refractivity contribution in [1.29, 1.82) is 0 Å². The molecule has 0 unspecified atom stereocenters. The number of nitrogens with zero attached hydrogens (tertiary/aromatic N) is 4. The van der Waals surface area contributed by atoms with Gasteiger partial charge in [-0.2, -0.15) is 4.98 Å². The molecule has 0 fully saturated rings. The number of anilines is 2. The highest BCUT2D eigenvalue weighted by molar-refractivity contribution is 5.58. The molecule has 0 saturated heterocycles. The Balaban J connectivity index is 3.15. The van der Waals surface area contributed by atoms with Gasteiger partial charge in [-0.1, -0.05) is 0 Å². The molecular formula is C9H15N5O2. The van der Waals surface area contributed by atoms with Crippen molar-refractivity contribution in [3.63, 3.8) is 0 Å². The molecule has 1 N–H and O–H groups in total. The molecule has 7 heteroatoms. The van der Waals surface area contributed by atoms with E-state index in [0.29, 0.717) is 24.9 Å². The third-order valence-corrected chi connectivity index (χ3v) is 2.12. The van der Waals surface area contributed by atoms with E-state index in [4.69, 9.17) is 0 Å². The van der Waals surface area contributed by atoms with Gasteiger partial charge in [0.1, 0.15) is 6.20 Å². The van der Waals surface area contributed by atoms with Gasteiger partial charge in [0, 0.05) is 20.1 Å². The number of nitro groups is 1. The van der Waals surface area contributed by atoms with E-state index >= 15 is 0 Å². The van der Waals surface area contributed by atoms with Gasteiger partial charge in [0.15, 0.2) is 0 Å². The smallest absolute Gasteiger partial charge is 0.329 e. The number of hydrogen-bond acceptors (Lipinski definition) is 6. The average Bonchev–Trinajstić information content (AvgIpc) is 2.28. The van der Waals surface area contributed by atoms with Crippen LogP contribution in [0.25, 0.3) is 0 Å². The second-order valence-corrected chi connectivity index (χ2v) is 3.20. The molecule has 0 aliphatic heterocycles. The van der Waals surface area contributed by atoms with E-state index in [9.17, 15) is 10.1 Å². The Hall–Kier alpha value is -1.92. The molecule has 16 heavy (non-hydrogen) atoms. The maximum absolute atomic E-state index is 10.8. The summed E-state index contributed by atoms with van der Waals surface area (Å²) in [5, 5.41) is 13.7. The second-order valence-electron chi connectivity index (χ2n) is 3.20. The summed E-state index contributed by atoms with van der Waals surface area (Å²) in [7, 11) is 1.76. The van der Waals surface area contributed by atoms with Gasteiger partial charge in [0.25, 0.3) is 0 Å². The minimum absolute atomic E-state index is 0.0778. The molecule has 0 bridgehead atoms. The summed E-state index contributed by atoms with van der Waals surface area (Å²) in [4.78, 5) is 20.0. The van der Waals surface area contributed by atoms with Crippen molar-refractivity contribution in [1.82, 2.24) is 9.97 Å². The van der Waals surface area contributed by atoms with Crippen LogP contribution in [-0.4, -0.2) is 35.0 Å². The van der Waals surface area contributed by atoms with Crippen molar-refractivity contribution in [3.05, 3.63) is 16.3 Å². The van der Waals surface area contributed by atoms with Gasteiger partial charge in [-0.25, -0.2) is 4.98 Å². The molecule has 0 aromatic carbocycles. The summed E-state index contributed by atoms with van der Waals surface area (Å²) in [6, 6.07) is 0. The summed E-state index contributed by atoms with van der Waals surface area (Å²) < 4.78 is 0. The molecule has 1 heterocycles. The van der Waals surface area contributed by atoms with E-state index in [1.165, 1.54) is 6.20 Å². The molecule has 0 spiro atoms. The van der Waals surface area contributed by atoms with Crippen LogP contribution in [0.4, 0.5) is 17.5 Å². The topological polar surface area (TPSA) is 84.2 Å². The van der Waals surface area contributed by atoms with Gasteiger partial charge in [0.2, 0.25) is 11.8 Å². The van der Waals surface area contributed by atoms with Gasteiger partial charge >= 0.3 is 5.69 Å². The van der Waals surface area contributed by atoms with Gasteiger partial charge in [-0.15, -0.1) is 0 Å². The van der Waals surface area contributed by atoms with Crippen molar-refractivity contribution in [2.45, 2.75) is 13.8 Å². The Morgan fingerprint density at radius 1 is 1.56 bits per heavy atom. The fraction of sp³-hybridized carbons (Fsp3) is 0.556. The van der Waals surface area contributed by atoms with Gasteiger partial charge in [-0.3, -0.25) is 10.1 Å². The number of nitrogens with one attached hydrogen (secondary N) is 1. The zero-order valence-corrected chi connectivity index (χ0v) is 9.60. The number of hydrogen-bond donors (Lipinski definition) is 1. The maximum Gasteiger partial charge on any atom is 0.329 e. The third kappa shape index (κ3) is 2.56. The third-order valence-electron chi connectivity index (χ3n) is 2.12. The van der Waals surface area contributed by atoms with Crippen LogP contribution in [0.1, 0.15) is 13.8 Å². The molecule has 0 radical (unpaired) electrons. The lowest BCUT2D eigenvalue weighted by atomic mass is 10.4. The van der Waals surface area contributed by atoms with E-state index in [2.05, 4.69) is 15.3 Å². The monoisotopic (exact) mass is 225 g/mol. The lowest BCUT2D eigenvalue weighted by Gasteiger charge is -2.15. The Labute approximate surface area is 93.7 Å². The van der Waals surface area contributed by atoms with E-state index in [-0.39, 0.29) is 5.69 Å². The molecule has 1 aromatic heterocycles. The molecule has 0 aliphatic rings. The summed E-state index contributed by atoms with van der Waals surface area (Å²) in [5.41, 5.74) is -0.0778. The lowest BCUT2D eigenvalue weighted by molar-refractivity contribution is -0.384. The van der Waals surface area contributed by atoms with Crippen LogP contribution in [-0.2, 0) is 0 Å². The predicted molar refractivity (Wildman–Crippen MR) is 61.8 cm³/mol. The first kappa shape index (κ1) is 12.2. The van der Waals surface area contributed by atoms with Gasteiger partial charge in [0.05, 0.1) is 4.92 Å². The van der Waals surface area contributed by atoms with Gasteiger partial charge < -0.3 is 10.2 Å². The highest BCUT2D eigenvalue weighted by Crippen LogP contribution is 2.24. The van der Waals surface area contributed by atoms with Crippen LogP contribution in [0.5, 0.6) is 0 Å². The highest BCUT2D eigenvalue weighted by Gasteiger charge is 2.19. The fourth-order valence-electron chi connectivity index (χ4n) is 1.17. The first-order valence-corrected chi connectivity index (χ1v) is 5.06. The summed E-state index contributed by atoms with van der Waals surface area (Å²) in [5.74, 6) is 0.738. The zero-order chi connectivity index (χ0) is 12.1. The Kier molecular flexibility index (Phi) is 3.98. The first-order chi connectivity index (χ1) is 7.60. The minimum Gasteiger partial charge on any atom is -0.354 e. The van der Waals surface area contributed by atoms with Crippen molar-refractivity contribution in [2.24, 2.45) is 0 Å². The van der Waals surface area contributed by atoms with Crippen molar-refractivity contribution < 1.29 is 4.92 Å². The Morgan fingerprint density at radius 2 is 2.25 bits per heavy atom. The molecule has 1 aromatic rings. The Bertz CT molecular complexity index is 382.